The third-order valence-corrected chi connectivity index (χ3v) is 3.57. The van der Waals surface area contributed by atoms with Gasteiger partial charge in [-0.15, -0.1) is 0 Å². The summed E-state index contributed by atoms with van der Waals surface area (Å²) in [6.07, 6.45) is 7.12. The van der Waals surface area contributed by atoms with Gasteiger partial charge in [-0.05, 0) is 24.6 Å². The Morgan fingerprint density at radius 3 is 2.48 bits per heavy atom. The van der Waals surface area contributed by atoms with Gasteiger partial charge in [0, 0.05) is 6.42 Å². The second-order valence-electron chi connectivity index (χ2n) is 5.07. The van der Waals surface area contributed by atoms with Crippen molar-refractivity contribution in [3.63, 3.8) is 0 Å². The number of carboxylic acids is 1. The molecule has 2 N–H and O–H groups in total. The van der Waals surface area contributed by atoms with E-state index in [1.807, 2.05) is 0 Å². The molecule has 0 spiro atoms. The fraction of sp³-hybridized carbons (Fsp3) is 0.500. The van der Waals surface area contributed by atoms with Crippen LogP contribution in [0.1, 0.15) is 62.2 Å². The Balaban J connectivity index is 2.40. The molecule has 0 aliphatic carbocycles. The molecule has 5 heteroatoms. The van der Waals surface area contributed by atoms with Crippen LogP contribution < -0.4 is 5.32 Å². The summed E-state index contributed by atoms with van der Waals surface area (Å²) >= 11 is 5.96. The van der Waals surface area contributed by atoms with E-state index in [0.717, 1.165) is 19.3 Å². The molecule has 1 aromatic carbocycles. The van der Waals surface area contributed by atoms with Crippen molar-refractivity contribution in [3.8, 4) is 0 Å². The Kier molecular flexibility index (Phi) is 7.83. The van der Waals surface area contributed by atoms with Gasteiger partial charge in [0.05, 0.1) is 16.3 Å². The number of aromatic carboxylic acids is 1. The maximum atomic E-state index is 11.8. The summed E-state index contributed by atoms with van der Waals surface area (Å²) in [4.78, 5) is 22.7. The molecule has 0 atom stereocenters. The summed E-state index contributed by atoms with van der Waals surface area (Å²) in [5.74, 6) is -1.17. The van der Waals surface area contributed by atoms with Gasteiger partial charge in [-0.25, -0.2) is 4.79 Å². The first-order chi connectivity index (χ1) is 10.0. The second-order valence-corrected chi connectivity index (χ2v) is 5.47. The average Bonchev–Trinajstić information content (AvgIpc) is 2.44. The van der Waals surface area contributed by atoms with Gasteiger partial charge in [0.15, 0.2) is 0 Å². The van der Waals surface area contributed by atoms with Crippen molar-refractivity contribution in [2.45, 2.75) is 51.9 Å². The maximum Gasteiger partial charge on any atom is 0.335 e. The highest BCUT2D eigenvalue weighted by Gasteiger charge is 2.10. The topological polar surface area (TPSA) is 66.4 Å². The van der Waals surface area contributed by atoms with E-state index in [2.05, 4.69) is 12.2 Å². The van der Waals surface area contributed by atoms with Crippen LogP contribution in [-0.4, -0.2) is 17.0 Å². The minimum absolute atomic E-state index is 0.106. The molecule has 0 radical (unpaired) electrons. The number of carbonyl (C=O) groups excluding carboxylic acids is 1. The van der Waals surface area contributed by atoms with Crippen molar-refractivity contribution in [1.82, 2.24) is 0 Å². The first kappa shape index (κ1) is 17.5. The number of amides is 1. The average molecular weight is 312 g/mol. The standard InChI is InChI=1S/C16H22ClNO3/c1-2-3-4-5-6-7-8-15(19)18-14-11-12(16(20)21)9-10-13(14)17/h9-11H,2-8H2,1H3,(H,18,19)(H,20,21). The van der Waals surface area contributed by atoms with Crippen LogP contribution >= 0.6 is 11.6 Å². The Bertz CT molecular complexity index is 488. The van der Waals surface area contributed by atoms with E-state index in [9.17, 15) is 9.59 Å². The Hall–Kier alpha value is -1.55. The van der Waals surface area contributed by atoms with E-state index >= 15 is 0 Å². The molecular weight excluding hydrogens is 290 g/mol. The van der Waals surface area contributed by atoms with Crippen LogP contribution in [0.15, 0.2) is 18.2 Å². The third kappa shape index (κ3) is 6.63. The predicted molar refractivity (Wildman–Crippen MR) is 85.0 cm³/mol. The number of rotatable bonds is 9. The molecule has 0 saturated carbocycles. The summed E-state index contributed by atoms with van der Waals surface area (Å²) in [5, 5.41) is 11.9. The number of carboxylic acid groups (broad SMARTS) is 1. The number of halogens is 1. The molecular formula is C16H22ClNO3. The number of hydrogen-bond donors (Lipinski definition) is 2. The summed E-state index contributed by atoms with van der Waals surface area (Å²) in [6, 6.07) is 4.27. The fourth-order valence-electron chi connectivity index (χ4n) is 2.03. The second kappa shape index (κ2) is 9.40. The summed E-state index contributed by atoms with van der Waals surface area (Å²) in [7, 11) is 0. The summed E-state index contributed by atoms with van der Waals surface area (Å²) in [6.45, 7) is 2.17. The molecule has 21 heavy (non-hydrogen) atoms. The molecule has 0 fully saturated rings. The van der Waals surface area contributed by atoms with Crippen LogP contribution in [-0.2, 0) is 4.79 Å². The van der Waals surface area contributed by atoms with Gasteiger partial charge in [0.25, 0.3) is 0 Å². The highest BCUT2D eigenvalue weighted by atomic mass is 35.5. The number of nitrogens with one attached hydrogen (secondary N) is 1. The van der Waals surface area contributed by atoms with Crippen LogP contribution in [0.25, 0.3) is 0 Å². The van der Waals surface area contributed by atoms with Crippen molar-refractivity contribution in [2.24, 2.45) is 0 Å². The van der Waals surface area contributed by atoms with E-state index in [-0.39, 0.29) is 11.5 Å². The van der Waals surface area contributed by atoms with Gasteiger partial charge in [0.1, 0.15) is 0 Å². The van der Waals surface area contributed by atoms with Crippen molar-refractivity contribution in [3.05, 3.63) is 28.8 Å². The molecule has 1 aromatic rings. The van der Waals surface area contributed by atoms with E-state index in [0.29, 0.717) is 17.1 Å². The number of benzene rings is 1. The number of hydrogen-bond acceptors (Lipinski definition) is 2. The van der Waals surface area contributed by atoms with Crippen LogP contribution in [0.5, 0.6) is 0 Å². The molecule has 0 heterocycles. The molecule has 1 amide bonds. The van der Waals surface area contributed by atoms with Crippen LogP contribution in [0.2, 0.25) is 5.02 Å². The first-order valence-corrected chi connectivity index (χ1v) is 7.75. The zero-order valence-electron chi connectivity index (χ0n) is 12.3. The Labute approximate surface area is 130 Å². The number of carbonyl (C=O) groups is 2. The van der Waals surface area contributed by atoms with Crippen LogP contribution in [0.3, 0.4) is 0 Å². The third-order valence-electron chi connectivity index (χ3n) is 3.24. The largest absolute Gasteiger partial charge is 0.478 e. The molecule has 4 nitrogen and oxygen atoms in total. The van der Waals surface area contributed by atoms with Gasteiger partial charge in [-0.2, -0.15) is 0 Å². The van der Waals surface area contributed by atoms with E-state index < -0.39 is 5.97 Å². The lowest BCUT2D eigenvalue weighted by molar-refractivity contribution is -0.116. The summed E-state index contributed by atoms with van der Waals surface area (Å²) in [5.41, 5.74) is 0.460. The smallest absolute Gasteiger partial charge is 0.335 e. The zero-order chi connectivity index (χ0) is 15.7. The minimum atomic E-state index is -1.04. The van der Waals surface area contributed by atoms with Crippen molar-refractivity contribution in [2.75, 3.05) is 5.32 Å². The Morgan fingerprint density at radius 2 is 1.81 bits per heavy atom. The van der Waals surface area contributed by atoms with Crippen LogP contribution in [0, 0.1) is 0 Å². The van der Waals surface area contributed by atoms with E-state index in [1.54, 1.807) is 0 Å². The molecule has 1 rings (SSSR count). The maximum absolute atomic E-state index is 11.8. The molecule has 0 aromatic heterocycles. The highest BCUT2D eigenvalue weighted by Crippen LogP contribution is 2.23. The summed E-state index contributed by atoms with van der Waals surface area (Å²) < 4.78 is 0. The number of unbranched alkanes of at least 4 members (excludes halogenated alkanes) is 5. The Morgan fingerprint density at radius 1 is 1.14 bits per heavy atom. The van der Waals surface area contributed by atoms with Crippen molar-refractivity contribution >= 4 is 29.2 Å². The quantitative estimate of drug-likeness (QED) is 0.648. The fourth-order valence-corrected chi connectivity index (χ4v) is 2.20. The number of anilines is 1. The predicted octanol–water partition coefficient (Wildman–Crippen LogP) is 4.73. The van der Waals surface area contributed by atoms with Crippen molar-refractivity contribution in [1.29, 1.82) is 0 Å². The van der Waals surface area contributed by atoms with Gasteiger partial charge >= 0.3 is 5.97 Å². The molecule has 0 aliphatic heterocycles. The molecule has 0 saturated heterocycles. The van der Waals surface area contributed by atoms with E-state index in [1.165, 1.54) is 37.5 Å². The highest BCUT2D eigenvalue weighted by molar-refractivity contribution is 6.33. The lowest BCUT2D eigenvalue weighted by Crippen LogP contribution is -2.12. The van der Waals surface area contributed by atoms with Gasteiger partial charge < -0.3 is 10.4 Å². The zero-order valence-corrected chi connectivity index (χ0v) is 13.1. The molecule has 0 aliphatic rings. The molecule has 0 unspecified atom stereocenters. The molecule has 116 valence electrons. The van der Waals surface area contributed by atoms with E-state index in [4.69, 9.17) is 16.7 Å². The lowest BCUT2D eigenvalue weighted by atomic mass is 10.1. The first-order valence-electron chi connectivity index (χ1n) is 7.37. The SMILES string of the molecule is CCCCCCCCC(=O)Nc1cc(C(=O)O)ccc1Cl. The van der Waals surface area contributed by atoms with Gasteiger partial charge in [-0.1, -0.05) is 50.6 Å². The van der Waals surface area contributed by atoms with Gasteiger partial charge in [0.2, 0.25) is 5.91 Å². The van der Waals surface area contributed by atoms with Crippen LogP contribution in [0.4, 0.5) is 5.69 Å². The van der Waals surface area contributed by atoms with Gasteiger partial charge in [-0.3, -0.25) is 4.79 Å². The van der Waals surface area contributed by atoms with Crippen molar-refractivity contribution < 1.29 is 14.7 Å². The minimum Gasteiger partial charge on any atom is -0.478 e. The monoisotopic (exact) mass is 311 g/mol. The lowest BCUT2D eigenvalue weighted by Gasteiger charge is -2.08. The molecule has 0 bridgehead atoms. The normalized spacial score (nSPS) is 10.4.